The van der Waals surface area contributed by atoms with Crippen LogP contribution in [0.1, 0.15) is 31.2 Å². The van der Waals surface area contributed by atoms with Crippen LogP contribution >= 0.6 is 0 Å². The summed E-state index contributed by atoms with van der Waals surface area (Å²) in [6.07, 6.45) is 4.39. The molecule has 0 radical (unpaired) electrons. The van der Waals surface area contributed by atoms with Crippen LogP contribution in [-0.2, 0) is 10.0 Å². The summed E-state index contributed by atoms with van der Waals surface area (Å²) in [6, 6.07) is 2.62. The molecule has 0 unspecified atom stereocenters. The average Bonchev–Trinajstić information content (AvgIpc) is 3.29. The van der Waals surface area contributed by atoms with Crippen molar-refractivity contribution in [2.75, 3.05) is 18.8 Å². The predicted octanol–water partition coefficient (Wildman–Crippen LogP) is 2.53. The first kappa shape index (κ1) is 14.8. The summed E-state index contributed by atoms with van der Waals surface area (Å²) in [6.45, 7) is 2.70. The van der Waals surface area contributed by atoms with Crippen LogP contribution in [0.25, 0.3) is 0 Å². The van der Waals surface area contributed by atoms with Gasteiger partial charge in [-0.25, -0.2) is 12.8 Å². The van der Waals surface area contributed by atoms with Gasteiger partial charge in [-0.05, 0) is 62.1 Å². The lowest BCUT2D eigenvalue weighted by molar-refractivity contribution is 0.382. The third-order valence-electron chi connectivity index (χ3n) is 4.21. The maximum Gasteiger partial charge on any atom is 0.243 e. The molecule has 2 aliphatic carbocycles. The zero-order valence-corrected chi connectivity index (χ0v) is 13.0. The van der Waals surface area contributed by atoms with Crippen LogP contribution < -0.4 is 5.73 Å². The number of rotatable bonds is 6. The topological polar surface area (TPSA) is 63.4 Å². The molecule has 21 heavy (non-hydrogen) atoms. The number of nitrogens with zero attached hydrogens (tertiary/aromatic N) is 1. The SMILES string of the molecule is Cc1cc(S(=O)(=O)N(CC2CC2)CC2CC2)cc(N)c1F. The fourth-order valence-electron chi connectivity index (χ4n) is 2.51. The van der Waals surface area contributed by atoms with Gasteiger partial charge in [0.1, 0.15) is 5.82 Å². The molecule has 4 nitrogen and oxygen atoms in total. The molecule has 0 spiro atoms. The number of anilines is 1. The Morgan fingerprint density at radius 2 is 1.71 bits per heavy atom. The molecule has 0 saturated heterocycles. The number of sulfonamides is 1. The molecule has 0 atom stereocenters. The second kappa shape index (κ2) is 5.25. The van der Waals surface area contributed by atoms with Crippen molar-refractivity contribution in [2.45, 2.75) is 37.5 Å². The van der Waals surface area contributed by atoms with Crippen molar-refractivity contribution in [3.05, 3.63) is 23.5 Å². The standard InChI is InChI=1S/C15H21FN2O2S/c1-10-6-13(7-14(17)15(10)16)21(19,20)18(8-11-2-3-11)9-12-4-5-12/h6-7,11-12H,2-5,8-9,17H2,1H3. The Morgan fingerprint density at radius 3 is 2.14 bits per heavy atom. The third kappa shape index (κ3) is 3.21. The number of halogens is 1. The number of nitrogen functional groups attached to an aromatic ring is 1. The van der Waals surface area contributed by atoms with E-state index in [2.05, 4.69) is 0 Å². The summed E-state index contributed by atoms with van der Waals surface area (Å²) in [5, 5.41) is 0. The first-order valence-electron chi connectivity index (χ1n) is 7.43. The van der Waals surface area contributed by atoms with Crippen LogP contribution in [0.4, 0.5) is 10.1 Å². The molecule has 1 aromatic rings. The number of hydrogen-bond acceptors (Lipinski definition) is 3. The van der Waals surface area contributed by atoms with Crippen LogP contribution in [0.3, 0.4) is 0 Å². The lowest BCUT2D eigenvalue weighted by Crippen LogP contribution is -2.35. The van der Waals surface area contributed by atoms with Gasteiger partial charge in [-0.3, -0.25) is 0 Å². The Morgan fingerprint density at radius 1 is 1.19 bits per heavy atom. The molecular formula is C15H21FN2O2S. The number of hydrogen-bond donors (Lipinski definition) is 1. The van der Waals surface area contributed by atoms with E-state index in [9.17, 15) is 12.8 Å². The van der Waals surface area contributed by atoms with E-state index in [0.717, 1.165) is 25.7 Å². The molecule has 2 aliphatic rings. The molecule has 6 heteroatoms. The van der Waals surface area contributed by atoms with E-state index < -0.39 is 15.8 Å². The normalized spacial score (nSPS) is 19.2. The highest BCUT2D eigenvalue weighted by Crippen LogP contribution is 2.36. The minimum Gasteiger partial charge on any atom is -0.396 e. The quantitative estimate of drug-likeness (QED) is 0.821. The Balaban J connectivity index is 1.91. The average molecular weight is 312 g/mol. The zero-order chi connectivity index (χ0) is 15.2. The first-order valence-corrected chi connectivity index (χ1v) is 8.87. The largest absolute Gasteiger partial charge is 0.396 e. The lowest BCUT2D eigenvalue weighted by atomic mass is 10.2. The van der Waals surface area contributed by atoms with Crippen molar-refractivity contribution < 1.29 is 12.8 Å². The molecule has 0 amide bonds. The molecular weight excluding hydrogens is 291 g/mol. The van der Waals surface area contributed by atoms with Crippen molar-refractivity contribution in [1.82, 2.24) is 4.31 Å². The molecule has 0 aromatic heterocycles. The van der Waals surface area contributed by atoms with Gasteiger partial charge >= 0.3 is 0 Å². The number of benzene rings is 1. The fraction of sp³-hybridized carbons (Fsp3) is 0.600. The minimum absolute atomic E-state index is 0.105. The number of nitrogens with two attached hydrogens (primary N) is 1. The van der Waals surface area contributed by atoms with Gasteiger partial charge in [0.2, 0.25) is 10.0 Å². The highest BCUT2D eigenvalue weighted by Gasteiger charge is 2.36. The van der Waals surface area contributed by atoms with E-state index in [1.54, 1.807) is 4.31 Å². The number of aryl methyl sites for hydroxylation is 1. The summed E-state index contributed by atoms with van der Waals surface area (Å²) >= 11 is 0. The molecule has 2 saturated carbocycles. The van der Waals surface area contributed by atoms with E-state index >= 15 is 0 Å². The van der Waals surface area contributed by atoms with Crippen molar-refractivity contribution in [3.63, 3.8) is 0 Å². The molecule has 116 valence electrons. The van der Waals surface area contributed by atoms with Crippen LogP contribution in [0.5, 0.6) is 0 Å². The van der Waals surface area contributed by atoms with Gasteiger partial charge in [0.15, 0.2) is 0 Å². The maximum atomic E-state index is 13.6. The smallest absolute Gasteiger partial charge is 0.243 e. The molecule has 0 heterocycles. The van der Waals surface area contributed by atoms with E-state index in [0.29, 0.717) is 24.9 Å². The maximum absolute atomic E-state index is 13.6. The van der Waals surface area contributed by atoms with Gasteiger partial charge in [-0.2, -0.15) is 4.31 Å². The predicted molar refractivity (Wildman–Crippen MR) is 79.8 cm³/mol. The van der Waals surface area contributed by atoms with Gasteiger partial charge < -0.3 is 5.73 Å². The van der Waals surface area contributed by atoms with Crippen LogP contribution in [-0.4, -0.2) is 25.8 Å². The molecule has 3 rings (SSSR count). The molecule has 0 aliphatic heterocycles. The second-order valence-corrected chi connectivity index (χ2v) is 8.29. The molecule has 0 bridgehead atoms. The van der Waals surface area contributed by atoms with Crippen molar-refractivity contribution in [3.8, 4) is 0 Å². The Bertz CT molecular complexity index is 615. The van der Waals surface area contributed by atoms with Gasteiger partial charge in [0, 0.05) is 13.1 Å². The van der Waals surface area contributed by atoms with Crippen molar-refractivity contribution >= 4 is 15.7 Å². The second-order valence-electron chi connectivity index (χ2n) is 6.35. The summed E-state index contributed by atoms with van der Waals surface area (Å²) in [5.41, 5.74) is 5.75. The van der Waals surface area contributed by atoms with Gasteiger partial charge in [-0.1, -0.05) is 0 Å². The van der Waals surface area contributed by atoms with Crippen molar-refractivity contribution in [1.29, 1.82) is 0 Å². The summed E-state index contributed by atoms with van der Waals surface area (Å²) in [5.74, 6) is 0.430. The van der Waals surface area contributed by atoms with Crippen LogP contribution in [0.15, 0.2) is 17.0 Å². The summed E-state index contributed by atoms with van der Waals surface area (Å²) < 4.78 is 40.8. The van der Waals surface area contributed by atoms with Crippen molar-refractivity contribution in [2.24, 2.45) is 11.8 Å². The Labute approximate surface area is 125 Å². The fourth-order valence-corrected chi connectivity index (χ4v) is 4.22. The monoisotopic (exact) mass is 312 g/mol. The van der Waals surface area contributed by atoms with E-state index in [-0.39, 0.29) is 16.1 Å². The third-order valence-corrected chi connectivity index (χ3v) is 6.02. The zero-order valence-electron chi connectivity index (χ0n) is 12.2. The van der Waals surface area contributed by atoms with Crippen LogP contribution in [0, 0.1) is 24.6 Å². The first-order chi connectivity index (χ1) is 9.88. The van der Waals surface area contributed by atoms with Gasteiger partial charge in [-0.15, -0.1) is 0 Å². The Hall–Kier alpha value is -1.14. The molecule has 1 aromatic carbocycles. The Kier molecular flexibility index (Phi) is 3.69. The van der Waals surface area contributed by atoms with E-state index in [4.69, 9.17) is 5.73 Å². The molecule has 2 N–H and O–H groups in total. The molecule has 2 fully saturated rings. The minimum atomic E-state index is -3.59. The van der Waals surface area contributed by atoms with Crippen LogP contribution in [0.2, 0.25) is 0 Å². The highest BCUT2D eigenvalue weighted by atomic mass is 32.2. The van der Waals surface area contributed by atoms with Gasteiger partial charge in [0.25, 0.3) is 0 Å². The van der Waals surface area contributed by atoms with Gasteiger partial charge in [0.05, 0.1) is 10.6 Å². The highest BCUT2D eigenvalue weighted by molar-refractivity contribution is 7.89. The lowest BCUT2D eigenvalue weighted by Gasteiger charge is -2.22. The van der Waals surface area contributed by atoms with E-state index in [1.807, 2.05) is 0 Å². The summed E-state index contributed by atoms with van der Waals surface area (Å²) in [7, 11) is -3.59. The van der Waals surface area contributed by atoms with E-state index in [1.165, 1.54) is 19.1 Å². The summed E-state index contributed by atoms with van der Waals surface area (Å²) in [4.78, 5) is 0.111.